The van der Waals surface area contributed by atoms with Gasteiger partial charge in [0.25, 0.3) is 0 Å². The van der Waals surface area contributed by atoms with Gasteiger partial charge in [0.15, 0.2) is 6.29 Å². The van der Waals surface area contributed by atoms with Crippen molar-refractivity contribution in [1.82, 2.24) is 0 Å². The molecule has 1 saturated heterocycles. The summed E-state index contributed by atoms with van der Waals surface area (Å²) in [6, 6.07) is 0. The fourth-order valence-corrected chi connectivity index (χ4v) is 5.28. The first kappa shape index (κ1) is 36.9. The number of unbranched alkanes of at least 4 members (excludes halogenated alkanes) is 18. The van der Waals surface area contributed by atoms with Crippen molar-refractivity contribution in [1.29, 1.82) is 0 Å². The quantitative estimate of drug-likeness (QED) is 0.0625. The second-order valence-electron chi connectivity index (χ2n) is 11.2. The van der Waals surface area contributed by atoms with Crippen molar-refractivity contribution in [3.8, 4) is 0 Å². The number of hydrogen-bond donors (Lipinski definition) is 0. The van der Waals surface area contributed by atoms with Crippen molar-refractivity contribution >= 4 is 18.9 Å². The molecule has 0 amide bonds. The van der Waals surface area contributed by atoms with Gasteiger partial charge >= 0.3 is 0 Å². The number of carbonyl (C=O) groups excluding carboxylic acids is 3. The molecule has 1 fully saturated rings. The van der Waals surface area contributed by atoms with Crippen LogP contribution in [0.2, 0.25) is 0 Å². The lowest BCUT2D eigenvalue weighted by Gasteiger charge is -2.25. The molecule has 0 aliphatic carbocycles. The summed E-state index contributed by atoms with van der Waals surface area (Å²) in [5, 5.41) is 0. The van der Waals surface area contributed by atoms with E-state index >= 15 is 0 Å². The Morgan fingerprint density at radius 3 is 1.23 bits per heavy atom. The largest absolute Gasteiger partial charge is 0.373 e. The van der Waals surface area contributed by atoms with E-state index in [0.29, 0.717) is 39.1 Å². The summed E-state index contributed by atoms with van der Waals surface area (Å²) in [7, 11) is 0. The Morgan fingerprint density at radius 1 is 0.475 bits per heavy atom. The highest BCUT2D eigenvalue weighted by Crippen LogP contribution is 2.30. The monoisotopic (exact) mass is 568 g/mol. The van der Waals surface area contributed by atoms with Crippen LogP contribution in [0.4, 0.5) is 0 Å². The predicted octanol–water partition coefficient (Wildman–Crippen LogP) is 7.70. The molecule has 40 heavy (non-hydrogen) atoms. The van der Waals surface area contributed by atoms with Crippen LogP contribution in [0, 0.1) is 0 Å². The summed E-state index contributed by atoms with van der Waals surface area (Å²) < 4.78 is 25.3. The zero-order chi connectivity index (χ0) is 28.9. The number of aldehydes is 3. The number of ether oxygens (including phenoxy) is 4. The molecule has 0 bridgehead atoms. The van der Waals surface area contributed by atoms with E-state index in [-0.39, 0.29) is 24.6 Å². The Labute approximate surface area is 244 Å². The third kappa shape index (κ3) is 19.1. The van der Waals surface area contributed by atoms with E-state index in [1.807, 2.05) is 0 Å². The van der Waals surface area contributed by atoms with Crippen LogP contribution in [0.25, 0.3) is 0 Å². The van der Waals surface area contributed by atoms with Gasteiger partial charge in [0.1, 0.15) is 31.1 Å². The molecule has 1 unspecified atom stereocenters. The molecule has 1 aliphatic rings. The lowest BCUT2D eigenvalue weighted by Crippen LogP contribution is -2.39. The van der Waals surface area contributed by atoms with Crippen LogP contribution in [0.3, 0.4) is 0 Å². The maximum absolute atomic E-state index is 10.4. The smallest absolute Gasteiger partial charge is 0.186 e. The zero-order valence-electron chi connectivity index (χ0n) is 25.6. The van der Waals surface area contributed by atoms with E-state index in [1.54, 1.807) is 0 Å². The van der Waals surface area contributed by atoms with Gasteiger partial charge in [-0.15, -0.1) is 0 Å². The average molecular weight is 569 g/mol. The highest BCUT2D eigenvalue weighted by molar-refractivity contribution is 5.49. The van der Waals surface area contributed by atoms with Gasteiger partial charge in [-0.1, -0.05) is 84.0 Å². The Hall–Kier alpha value is -1.15. The van der Waals surface area contributed by atoms with E-state index in [4.69, 9.17) is 18.9 Å². The van der Waals surface area contributed by atoms with Crippen molar-refractivity contribution in [2.45, 2.75) is 173 Å². The van der Waals surface area contributed by atoms with Crippen LogP contribution >= 0.6 is 0 Å². The summed E-state index contributed by atoms with van der Waals surface area (Å²) in [5.74, 6) is 0. The van der Waals surface area contributed by atoms with Crippen molar-refractivity contribution < 1.29 is 33.3 Å². The van der Waals surface area contributed by atoms with E-state index in [0.717, 1.165) is 102 Å². The molecule has 0 aromatic rings. The minimum Gasteiger partial charge on any atom is -0.373 e. The summed E-state index contributed by atoms with van der Waals surface area (Å²) in [6.45, 7) is 4.18. The van der Waals surface area contributed by atoms with Gasteiger partial charge < -0.3 is 33.3 Å². The molecule has 7 heteroatoms. The molecule has 1 rings (SSSR count). The molecule has 0 N–H and O–H groups in total. The predicted molar refractivity (Wildman–Crippen MR) is 160 cm³/mol. The topological polar surface area (TPSA) is 88.1 Å². The third-order valence-corrected chi connectivity index (χ3v) is 7.72. The summed E-state index contributed by atoms with van der Waals surface area (Å²) in [4.78, 5) is 31.3. The lowest BCUT2D eigenvalue weighted by molar-refractivity contribution is -0.179. The van der Waals surface area contributed by atoms with Gasteiger partial charge in [-0.25, -0.2) is 0 Å². The summed E-state index contributed by atoms with van der Waals surface area (Å²) in [5.41, 5.74) is 0. The van der Waals surface area contributed by atoms with Crippen molar-refractivity contribution in [2.24, 2.45) is 0 Å². The van der Waals surface area contributed by atoms with Crippen LogP contribution in [-0.2, 0) is 33.3 Å². The standard InChI is InChI=1S/C33H60O7/c1-2-30-31(37-27-21-15-9-3-6-12-18-24-34)32(38-28-22-16-10-4-7-13-19-25-35)33(40-30)39-29-23-17-11-5-8-14-20-26-36/h24-26,30-33H,2-23,27-29H2,1H3/t30-,31?,32+,33-/m1/s1. The van der Waals surface area contributed by atoms with E-state index in [1.165, 1.54) is 38.5 Å². The average Bonchev–Trinajstić information content (AvgIpc) is 3.30. The van der Waals surface area contributed by atoms with E-state index < -0.39 is 0 Å². The van der Waals surface area contributed by atoms with Crippen LogP contribution in [-0.4, -0.2) is 63.3 Å². The summed E-state index contributed by atoms with van der Waals surface area (Å²) >= 11 is 0. The van der Waals surface area contributed by atoms with Gasteiger partial charge in [-0.3, -0.25) is 0 Å². The van der Waals surface area contributed by atoms with Crippen LogP contribution in [0.1, 0.15) is 148 Å². The van der Waals surface area contributed by atoms with Gasteiger partial charge in [0.05, 0.1) is 6.10 Å². The zero-order valence-corrected chi connectivity index (χ0v) is 25.6. The minimum absolute atomic E-state index is 0.0195. The minimum atomic E-state index is -0.385. The SMILES string of the molecule is CC[C@H]1O[C@@H](OCCCCCCCCC=O)[C@@H](OCCCCCCCCC=O)C1OCCCCCCCCC=O. The highest BCUT2D eigenvalue weighted by Gasteiger charge is 2.46. The highest BCUT2D eigenvalue weighted by atomic mass is 16.7. The Kier molecular flexibility index (Phi) is 25.8. The van der Waals surface area contributed by atoms with Gasteiger partial charge in [-0.05, 0) is 44.9 Å². The van der Waals surface area contributed by atoms with Crippen LogP contribution in [0.15, 0.2) is 0 Å². The molecule has 0 spiro atoms. The normalized spacial score (nSPS) is 20.6. The first-order valence-corrected chi connectivity index (χ1v) is 16.6. The van der Waals surface area contributed by atoms with Gasteiger partial charge in [0, 0.05) is 39.1 Å². The molecule has 234 valence electrons. The number of hydrogen-bond acceptors (Lipinski definition) is 7. The Morgan fingerprint density at radius 2 is 0.825 bits per heavy atom. The molecular weight excluding hydrogens is 508 g/mol. The maximum atomic E-state index is 10.4. The first-order valence-electron chi connectivity index (χ1n) is 16.6. The van der Waals surface area contributed by atoms with Crippen molar-refractivity contribution in [3.05, 3.63) is 0 Å². The van der Waals surface area contributed by atoms with Crippen LogP contribution in [0.5, 0.6) is 0 Å². The first-order chi connectivity index (χ1) is 19.8. The molecular formula is C33H60O7. The molecule has 0 saturated carbocycles. The Balaban J connectivity index is 2.42. The van der Waals surface area contributed by atoms with E-state index in [9.17, 15) is 14.4 Å². The number of carbonyl (C=O) groups is 3. The second-order valence-corrected chi connectivity index (χ2v) is 11.2. The summed E-state index contributed by atoms with van der Waals surface area (Å²) in [6.07, 6.45) is 25.0. The third-order valence-electron chi connectivity index (χ3n) is 7.72. The van der Waals surface area contributed by atoms with E-state index in [2.05, 4.69) is 6.92 Å². The van der Waals surface area contributed by atoms with Crippen molar-refractivity contribution in [3.63, 3.8) is 0 Å². The van der Waals surface area contributed by atoms with Crippen molar-refractivity contribution in [2.75, 3.05) is 19.8 Å². The van der Waals surface area contributed by atoms with Crippen LogP contribution < -0.4 is 0 Å². The lowest BCUT2D eigenvalue weighted by atomic mass is 10.1. The molecule has 7 nitrogen and oxygen atoms in total. The maximum Gasteiger partial charge on any atom is 0.186 e. The van der Waals surface area contributed by atoms with Gasteiger partial charge in [-0.2, -0.15) is 0 Å². The fraction of sp³-hybridized carbons (Fsp3) is 0.909. The fourth-order valence-electron chi connectivity index (χ4n) is 5.28. The molecule has 1 aliphatic heterocycles. The molecule has 1 heterocycles. The Bertz CT molecular complexity index is 585. The molecule has 0 aromatic carbocycles. The molecule has 0 radical (unpaired) electrons. The molecule has 0 aromatic heterocycles. The molecule has 4 atom stereocenters. The van der Waals surface area contributed by atoms with Gasteiger partial charge in [0.2, 0.25) is 0 Å². The number of rotatable bonds is 31. The second kappa shape index (κ2) is 28.0.